The van der Waals surface area contributed by atoms with Gasteiger partial charge in [-0.1, -0.05) is 20.3 Å². The van der Waals surface area contributed by atoms with Crippen LogP contribution in [-0.4, -0.2) is 24.0 Å². The zero-order valence-corrected chi connectivity index (χ0v) is 11.9. The van der Waals surface area contributed by atoms with Crippen LogP contribution in [-0.2, 0) is 0 Å². The van der Waals surface area contributed by atoms with Crippen LogP contribution >= 0.6 is 0 Å². The van der Waals surface area contributed by atoms with Gasteiger partial charge in [-0.05, 0) is 30.7 Å². The molecule has 1 saturated carbocycles. The van der Waals surface area contributed by atoms with Crippen LogP contribution in [0, 0.1) is 11.8 Å². The van der Waals surface area contributed by atoms with E-state index < -0.39 is 0 Å². The predicted octanol–water partition coefficient (Wildman–Crippen LogP) is 2.68. The Morgan fingerprint density at radius 1 is 1.47 bits per heavy atom. The summed E-state index contributed by atoms with van der Waals surface area (Å²) < 4.78 is 0. The molecule has 104 valence electrons. The molecule has 0 radical (unpaired) electrons. The molecule has 1 amide bonds. The van der Waals surface area contributed by atoms with Gasteiger partial charge in [0.05, 0.1) is 5.56 Å². The van der Waals surface area contributed by atoms with Crippen molar-refractivity contribution in [2.45, 2.75) is 39.2 Å². The highest BCUT2D eigenvalue weighted by Gasteiger charge is 2.32. The van der Waals surface area contributed by atoms with Gasteiger partial charge in [-0.3, -0.25) is 9.78 Å². The van der Waals surface area contributed by atoms with Gasteiger partial charge in [0.1, 0.15) is 0 Å². The molecule has 2 rings (SSSR count). The summed E-state index contributed by atoms with van der Waals surface area (Å²) in [6.07, 6.45) is 6.81. The van der Waals surface area contributed by atoms with Gasteiger partial charge in [0.25, 0.3) is 5.91 Å². The van der Waals surface area contributed by atoms with Crippen LogP contribution in [0.25, 0.3) is 0 Å². The van der Waals surface area contributed by atoms with E-state index in [4.69, 9.17) is 0 Å². The summed E-state index contributed by atoms with van der Waals surface area (Å²) in [5, 5.41) is 6.20. The fourth-order valence-electron chi connectivity index (χ4n) is 3.07. The van der Waals surface area contributed by atoms with Crippen molar-refractivity contribution in [1.29, 1.82) is 0 Å². The second kappa shape index (κ2) is 6.04. The average Bonchev–Trinajstić information content (AvgIpc) is 2.79. The molecule has 0 spiro atoms. The van der Waals surface area contributed by atoms with E-state index in [0.717, 1.165) is 18.0 Å². The maximum absolute atomic E-state index is 12.3. The van der Waals surface area contributed by atoms with E-state index >= 15 is 0 Å². The number of pyridine rings is 1. The van der Waals surface area contributed by atoms with Crippen molar-refractivity contribution in [1.82, 2.24) is 10.3 Å². The summed E-state index contributed by atoms with van der Waals surface area (Å²) in [7, 11) is 1.82. The van der Waals surface area contributed by atoms with E-state index in [9.17, 15) is 4.79 Å². The summed E-state index contributed by atoms with van der Waals surface area (Å²) in [4.78, 5) is 16.4. The van der Waals surface area contributed by atoms with Crippen molar-refractivity contribution in [2.75, 3.05) is 12.4 Å². The maximum atomic E-state index is 12.3. The molecule has 4 heteroatoms. The summed E-state index contributed by atoms with van der Waals surface area (Å²) in [6, 6.07) is 2.12. The van der Waals surface area contributed by atoms with Crippen LogP contribution in [0.5, 0.6) is 0 Å². The van der Waals surface area contributed by atoms with Crippen LogP contribution in [0.15, 0.2) is 18.5 Å². The maximum Gasteiger partial charge on any atom is 0.255 e. The Kier molecular flexibility index (Phi) is 4.40. The lowest BCUT2D eigenvalue weighted by atomic mass is 9.93. The Morgan fingerprint density at radius 3 is 2.89 bits per heavy atom. The third kappa shape index (κ3) is 2.88. The Balaban J connectivity index is 2.05. The van der Waals surface area contributed by atoms with Crippen molar-refractivity contribution in [3.05, 3.63) is 24.0 Å². The number of amides is 1. The van der Waals surface area contributed by atoms with E-state index in [1.165, 1.54) is 12.8 Å². The monoisotopic (exact) mass is 261 g/mol. The van der Waals surface area contributed by atoms with Gasteiger partial charge < -0.3 is 10.6 Å². The van der Waals surface area contributed by atoms with E-state index in [-0.39, 0.29) is 5.91 Å². The van der Waals surface area contributed by atoms with Crippen LogP contribution in [0.1, 0.15) is 43.5 Å². The summed E-state index contributed by atoms with van der Waals surface area (Å²) in [5.41, 5.74) is 1.45. The number of nitrogens with zero attached hydrogens (tertiary/aromatic N) is 1. The highest BCUT2D eigenvalue weighted by Crippen LogP contribution is 2.34. The molecule has 0 bridgehead atoms. The highest BCUT2D eigenvalue weighted by molar-refractivity contribution is 5.99. The van der Waals surface area contributed by atoms with Crippen molar-refractivity contribution in [3.63, 3.8) is 0 Å². The quantitative estimate of drug-likeness (QED) is 0.876. The number of hydrogen-bond donors (Lipinski definition) is 2. The average molecular weight is 261 g/mol. The fourth-order valence-corrected chi connectivity index (χ4v) is 3.07. The van der Waals surface area contributed by atoms with E-state index in [2.05, 4.69) is 29.5 Å². The Morgan fingerprint density at radius 2 is 2.26 bits per heavy atom. The molecular formula is C15H23N3O. The molecule has 0 aliphatic heterocycles. The number of nitrogens with one attached hydrogen (secondary N) is 2. The second-order valence-corrected chi connectivity index (χ2v) is 5.36. The fraction of sp³-hybridized carbons (Fsp3) is 0.600. The SMILES string of the molecule is CCC1CCC(NC(=O)c2cnccc2NC)C1C. The number of carbonyl (C=O) groups excluding carboxylic acids is 1. The third-order valence-corrected chi connectivity index (χ3v) is 4.40. The molecule has 3 atom stereocenters. The van der Waals surface area contributed by atoms with E-state index in [1.54, 1.807) is 12.4 Å². The van der Waals surface area contributed by atoms with Gasteiger partial charge in [0.15, 0.2) is 0 Å². The van der Waals surface area contributed by atoms with Crippen LogP contribution < -0.4 is 10.6 Å². The lowest BCUT2D eigenvalue weighted by Gasteiger charge is -2.21. The first-order chi connectivity index (χ1) is 9.17. The van der Waals surface area contributed by atoms with Crippen molar-refractivity contribution >= 4 is 11.6 Å². The van der Waals surface area contributed by atoms with E-state index in [1.807, 2.05) is 13.1 Å². The predicted molar refractivity (Wildman–Crippen MR) is 77.2 cm³/mol. The van der Waals surface area contributed by atoms with Crippen molar-refractivity contribution in [3.8, 4) is 0 Å². The van der Waals surface area contributed by atoms with Gasteiger partial charge in [-0.2, -0.15) is 0 Å². The second-order valence-electron chi connectivity index (χ2n) is 5.36. The molecule has 3 unspecified atom stereocenters. The summed E-state index contributed by atoms with van der Waals surface area (Å²) in [5.74, 6) is 1.28. The number of anilines is 1. The number of rotatable bonds is 4. The standard InChI is InChI=1S/C15H23N3O/c1-4-11-5-6-13(10(11)2)18-15(19)12-9-17-8-7-14(12)16-3/h7-11,13H,4-6H2,1-3H3,(H,16,17)(H,18,19). The van der Waals surface area contributed by atoms with Gasteiger partial charge >= 0.3 is 0 Å². The zero-order valence-electron chi connectivity index (χ0n) is 11.9. The lowest BCUT2D eigenvalue weighted by molar-refractivity contribution is 0.0927. The molecule has 1 heterocycles. The normalized spacial score (nSPS) is 26.2. The Labute approximate surface area is 115 Å². The van der Waals surface area contributed by atoms with Gasteiger partial charge in [-0.15, -0.1) is 0 Å². The molecule has 1 aromatic rings. The Bertz CT molecular complexity index is 447. The van der Waals surface area contributed by atoms with E-state index in [0.29, 0.717) is 17.5 Å². The highest BCUT2D eigenvalue weighted by atomic mass is 16.1. The first kappa shape index (κ1) is 13.8. The summed E-state index contributed by atoms with van der Waals surface area (Å²) >= 11 is 0. The number of hydrogen-bond acceptors (Lipinski definition) is 3. The van der Waals surface area contributed by atoms with Gasteiger partial charge in [-0.25, -0.2) is 0 Å². The zero-order chi connectivity index (χ0) is 13.8. The van der Waals surface area contributed by atoms with Crippen LogP contribution in [0.2, 0.25) is 0 Å². The molecule has 19 heavy (non-hydrogen) atoms. The smallest absolute Gasteiger partial charge is 0.255 e. The molecule has 4 nitrogen and oxygen atoms in total. The lowest BCUT2D eigenvalue weighted by Crippen LogP contribution is -2.37. The molecule has 0 saturated heterocycles. The van der Waals surface area contributed by atoms with Crippen molar-refractivity contribution in [2.24, 2.45) is 11.8 Å². The largest absolute Gasteiger partial charge is 0.387 e. The van der Waals surface area contributed by atoms with Gasteiger partial charge in [0.2, 0.25) is 0 Å². The Hall–Kier alpha value is -1.58. The van der Waals surface area contributed by atoms with Crippen LogP contribution in [0.4, 0.5) is 5.69 Å². The molecule has 1 aromatic heterocycles. The molecule has 1 fully saturated rings. The molecular weight excluding hydrogens is 238 g/mol. The minimum atomic E-state index is -0.0222. The first-order valence-electron chi connectivity index (χ1n) is 7.10. The minimum absolute atomic E-state index is 0.0222. The molecule has 2 N–H and O–H groups in total. The number of carbonyl (C=O) groups is 1. The number of aromatic nitrogens is 1. The summed E-state index contributed by atoms with van der Waals surface area (Å²) in [6.45, 7) is 4.47. The van der Waals surface area contributed by atoms with Crippen LogP contribution in [0.3, 0.4) is 0 Å². The third-order valence-electron chi connectivity index (χ3n) is 4.40. The minimum Gasteiger partial charge on any atom is -0.387 e. The molecule has 0 aromatic carbocycles. The van der Waals surface area contributed by atoms with Crippen molar-refractivity contribution < 1.29 is 4.79 Å². The molecule has 1 aliphatic rings. The topological polar surface area (TPSA) is 54.0 Å². The molecule has 1 aliphatic carbocycles. The van der Waals surface area contributed by atoms with Gasteiger partial charge in [0, 0.05) is 31.2 Å². The first-order valence-corrected chi connectivity index (χ1v) is 7.10.